The molecule has 1 saturated heterocycles. The SMILES string of the molecule is CC(C)C(C(=O)N1CCCNCC1)c1ccc(F)cc1. The minimum Gasteiger partial charge on any atom is -0.341 e. The second kappa shape index (κ2) is 6.84. The lowest BCUT2D eigenvalue weighted by molar-refractivity contribution is -0.133. The Balaban J connectivity index is 2.19. The molecule has 2 rings (SSSR count). The van der Waals surface area contributed by atoms with Gasteiger partial charge in [0.25, 0.3) is 0 Å². The summed E-state index contributed by atoms with van der Waals surface area (Å²) in [5.41, 5.74) is 0.906. The molecule has 1 amide bonds. The number of carbonyl (C=O) groups is 1. The zero-order chi connectivity index (χ0) is 14.5. The summed E-state index contributed by atoms with van der Waals surface area (Å²) in [6.07, 6.45) is 0.986. The first-order valence-corrected chi connectivity index (χ1v) is 7.34. The van der Waals surface area contributed by atoms with Gasteiger partial charge in [0.2, 0.25) is 5.91 Å². The van der Waals surface area contributed by atoms with Crippen molar-refractivity contribution in [2.75, 3.05) is 26.2 Å². The third-order valence-corrected chi connectivity index (χ3v) is 3.81. The maximum Gasteiger partial charge on any atom is 0.230 e. The molecule has 1 atom stereocenters. The van der Waals surface area contributed by atoms with Crippen molar-refractivity contribution in [2.24, 2.45) is 5.92 Å². The molecule has 110 valence electrons. The molecule has 4 heteroatoms. The van der Waals surface area contributed by atoms with Crippen molar-refractivity contribution in [1.82, 2.24) is 10.2 Å². The highest BCUT2D eigenvalue weighted by molar-refractivity contribution is 5.84. The molecular formula is C16H23FN2O. The second-order valence-electron chi connectivity index (χ2n) is 5.70. The lowest BCUT2D eigenvalue weighted by Gasteiger charge is -2.28. The molecule has 1 aliphatic heterocycles. The van der Waals surface area contributed by atoms with Crippen LogP contribution >= 0.6 is 0 Å². The van der Waals surface area contributed by atoms with E-state index in [-0.39, 0.29) is 23.6 Å². The third-order valence-electron chi connectivity index (χ3n) is 3.81. The van der Waals surface area contributed by atoms with Crippen molar-refractivity contribution >= 4 is 5.91 Å². The highest BCUT2D eigenvalue weighted by Gasteiger charge is 2.28. The topological polar surface area (TPSA) is 32.3 Å². The number of hydrogen-bond acceptors (Lipinski definition) is 2. The van der Waals surface area contributed by atoms with Gasteiger partial charge in [-0.2, -0.15) is 0 Å². The van der Waals surface area contributed by atoms with Crippen molar-refractivity contribution in [1.29, 1.82) is 0 Å². The largest absolute Gasteiger partial charge is 0.341 e. The first-order valence-electron chi connectivity index (χ1n) is 7.34. The van der Waals surface area contributed by atoms with E-state index in [1.54, 1.807) is 12.1 Å². The van der Waals surface area contributed by atoms with E-state index in [0.29, 0.717) is 0 Å². The fraction of sp³-hybridized carbons (Fsp3) is 0.562. The van der Waals surface area contributed by atoms with Gasteiger partial charge < -0.3 is 10.2 Å². The van der Waals surface area contributed by atoms with Gasteiger partial charge in [-0.15, -0.1) is 0 Å². The lowest BCUT2D eigenvalue weighted by atomic mass is 9.87. The van der Waals surface area contributed by atoms with Gasteiger partial charge in [-0.1, -0.05) is 26.0 Å². The Morgan fingerprint density at radius 1 is 1.20 bits per heavy atom. The Morgan fingerprint density at radius 3 is 2.55 bits per heavy atom. The van der Waals surface area contributed by atoms with Gasteiger partial charge in [0.15, 0.2) is 0 Å². The molecule has 1 aliphatic rings. The van der Waals surface area contributed by atoms with Gasteiger partial charge >= 0.3 is 0 Å². The second-order valence-corrected chi connectivity index (χ2v) is 5.70. The number of benzene rings is 1. The van der Waals surface area contributed by atoms with Gasteiger partial charge in [-0.3, -0.25) is 4.79 Å². The molecule has 0 saturated carbocycles. The van der Waals surface area contributed by atoms with Crippen molar-refractivity contribution in [3.05, 3.63) is 35.6 Å². The number of nitrogens with one attached hydrogen (secondary N) is 1. The van der Waals surface area contributed by atoms with Gasteiger partial charge in [0.05, 0.1) is 5.92 Å². The van der Waals surface area contributed by atoms with Crippen molar-refractivity contribution in [2.45, 2.75) is 26.2 Å². The Labute approximate surface area is 120 Å². The van der Waals surface area contributed by atoms with Crippen LogP contribution in [-0.2, 0) is 4.79 Å². The molecule has 3 nitrogen and oxygen atoms in total. The number of nitrogens with zero attached hydrogens (tertiary/aromatic N) is 1. The lowest BCUT2D eigenvalue weighted by Crippen LogP contribution is -2.39. The third kappa shape index (κ3) is 3.57. The summed E-state index contributed by atoms with van der Waals surface area (Å²) in [6, 6.07) is 6.33. The van der Waals surface area contributed by atoms with E-state index >= 15 is 0 Å². The van der Waals surface area contributed by atoms with Gasteiger partial charge in [0, 0.05) is 19.6 Å². The van der Waals surface area contributed by atoms with E-state index in [0.717, 1.165) is 38.2 Å². The molecule has 0 bridgehead atoms. The summed E-state index contributed by atoms with van der Waals surface area (Å²) in [6.45, 7) is 7.45. The van der Waals surface area contributed by atoms with E-state index in [2.05, 4.69) is 5.32 Å². The van der Waals surface area contributed by atoms with Crippen LogP contribution in [0.2, 0.25) is 0 Å². The molecule has 0 radical (unpaired) electrons. The molecule has 0 aromatic heterocycles. The van der Waals surface area contributed by atoms with Crippen LogP contribution in [0.15, 0.2) is 24.3 Å². The van der Waals surface area contributed by atoms with Crippen LogP contribution < -0.4 is 5.32 Å². The zero-order valence-corrected chi connectivity index (χ0v) is 12.2. The minimum absolute atomic E-state index is 0.162. The highest BCUT2D eigenvalue weighted by Crippen LogP contribution is 2.27. The Hall–Kier alpha value is -1.42. The zero-order valence-electron chi connectivity index (χ0n) is 12.2. The highest BCUT2D eigenvalue weighted by atomic mass is 19.1. The van der Waals surface area contributed by atoms with Gasteiger partial charge in [-0.05, 0) is 36.6 Å². The Morgan fingerprint density at radius 2 is 1.90 bits per heavy atom. The van der Waals surface area contributed by atoms with Crippen LogP contribution in [0.3, 0.4) is 0 Å². The Bertz CT molecular complexity index is 436. The fourth-order valence-corrected chi connectivity index (χ4v) is 2.75. The van der Waals surface area contributed by atoms with Gasteiger partial charge in [0.1, 0.15) is 5.82 Å². The summed E-state index contributed by atoms with van der Waals surface area (Å²) < 4.78 is 13.1. The van der Waals surface area contributed by atoms with Crippen LogP contribution in [-0.4, -0.2) is 37.0 Å². The number of rotatable bonds is 3. The van der Waals surface area contributed by atoms with Gasteiger partial charge in [-0.25, -0.2) is 4.39 Å². The summed E-state index contributed by atoms with van der Waals surface area (Å²) in [7, 11) is 0. The predicted molar refractivity (Wildman–Crippen MR) is 78.0 cm³/mol. The number of hydrogen-bond donors (Lipinski definition) is 1. The average molecular weight is 278 g/mol. The minimum atomic E-state index is -0.261. The van der Waals surface area contributed by atoms with E-state index in [4.69, 9.17) is 0 Å². The van der Waals surface area contributed by atoms with E-state index in [1.807, 2.05) is 18.7 Å². The van der Waals surface area contributed by atoms with Crippen LogP contribution in [0.4, 0.5) is 4.39 Å². The van der Waals surface area contributed by atoms with Crippen molar-refractivity contribution < 1.29 is 9.18 Å². The maximum atomic E-state index is 13.1. The first kappa shape index (κ1) is 15.0. The average Bonchev–Trinajstić information content (AvgIpc) is 2.69. The quantitative estimate of drug-likeness (QED) is 0.920. The predicted octanol–water partition coefficient (Wildman–Crippen LogP) is 2.39. The molecular weight excluding hydrogens is 255 g/mol. The molecule has 1 N–H and O–H groups in total. The molecule has 1 heterocycles. The molecule has 1 aromatic carbocycles. The number of halogens is 1. The number of amides is 1. The smallest absolute Gasteiger partial charge is 0.230 e. The summed E-state index contributed by atoms with van der Waals surface area (Å²) in [4.78, 5) is 14.7. The summed E-state index contributed by atoms with van der Waals surface area (Å²) >= 11 is 0. The fourth-order valence-electron chi connectivity index (χ4n) is 2.75. The monoisotopic (exact) mass is 278 g/mol. The summed E-state index contributed by atoms with van der Waals surface area (Å²) in [5, 5.41) is 3.30. The Kier molecular flexibility index (Phi) is 5.12. The molecule has 20 heavy (non-hydrogen) atoms. The van der Waals surface area contributed by atoms with E-state index < -0.39 is 0 Å². The molecule has 1 unspecified atom stereocenters. The van der Waals surface area contributed by atoms with Crippen LogP contribution in [0.1, 0.15) is 31.7 Å². The molecule has 0 aliphatic carbocycles. The molecule has 1 fully saturated rings. The van der Waals surface area contributed by atoms with Crippen molar-refractivity contribution in [3.8, 4) is 0 Å². The van der Waals surface area contributed by atoms with Crippen LogP contribution in [0, 0.1) is 11.7 Å². The van der Waals surface area contributed by atoms with E-state index in [1.165, 1.54) is 12.1 Å². The normalized spacial score (nSPS) is 17.9. The summed E-state index contributed by atoms with van der Waals surface area (Å²) in [5.74, 6) is -0.0872. The molecule has 0 spiro atoms. The van der Waals surface area contributed by atoms with E-state index in [9.17, 15) is 9.18 Å². The van der Waals surface area contributed by atoms with Crippen molar-refractivity contribution in [3.63, 3.8) is 0 Å². The van der Waals surface area contributed by atoms with Crippen LogP contribution in [0.5, 0.6) is 0 Å². The maximum absolute atomic E-state index is 13.1. The molecule has 1 aromatic rings. The number of carbonyl (C=O) groups excluding carboxylic acids is 1. The first-order chi connectivity index (χ1) is 9.59. The standard InChI is InChI=1S/C16H23FN2O/c1-12(2)15(13-4-6-14(17)7-5-13)16(20)19-10-3-8-18-9-11-19/h4-7,12,15,18H,3,8-11H2,1-2H3. The van der Waals surface area contributed by atoms with Crippen LogP contribution in [0.25, 0.3) is 0 Å².